The van der Waals surface area contributed by atoms with Crippen molar-refractivity contribution in [1.82, 2.24) is 0 Å². The van der Waals surface area contributed by atoms with Crippen molar-refractivity contribution in [2.24, 2.45) is 11.8 Å². The topological polar surface area (TPSA) is 43.4 Å². The lowest BCUT2D eigenvalue weighted by Gasteiger charge is -2.39. The molecule has 0 unspecified atom stereocenters. The maximum Gasteiger partial charge on any atom is 0.309 e. The smallest absolute Gasteiger partial charge is 0.309 e. The first kappa shape index (κ1) is 18.0. The Morgan fingerprint density at radius 3 is 2.30 bits per heavy atom. The first-order valence-electron chi connectivity index (χ1n) is 8.05. The molecule has 3 nitrogen and oxygen atoms in total. The van der Waals surface area contributed by atoms with Gasteiger partial charge in [-0.15, -0.1) is 0 Å². The van der Waals surface area contributed by atoms with Crippen LogP contribution in [0.15, 0.2) is 42.5 Å². The van der Waals surface area contributed by atoms with E-state index in [9.17, 15) is 9.36 Å². The lowest BCUT2D eigenvalue weighted by molar-refractivity contribution is -0.146. The molecule has 0 aliphatic heterocycles. The third kappa shape index (κ3) is 2.92. The van der Waals surface area contributed by atoms with E-state index in [-0.39, 0.29) is 23.5 Å². The van der Waals surface area contributed by atoms with Crippen LogP contribution < -0.4 is 5.30 Å². The van der Waals surface area contributed by atoms with E-state index >= 15 is 0 Å². The lowest BCUT2D eigenvalue weighted by atomic mass is 9.98. The minimum atomic E-state index is -2.81. The highest BCUT2D eigenvalue weighted by atomic mass is 31.2. The van der Waals surface area contributed by atoms with E-state index in [1.807, 2.05) is 58.0 Å². The molecule has 1 aliphatic carbocycles. The Balaban J connectivity index is 2.56. The van der Waals surface area contributed by atoms with Crippen molar-refractivity contribution in [2.75, 3.05) is 7.11 Å². The van der Waals surface area contributed by atoms with Gasteiger partial charge in [-0.2, -0.15) is 0 Å². The summed E-state index contributed by atoms with van der Waals surface area (Å²) in [5, 5.41) is 0.470. The molecular formula is C19H27O3P. The molecular weight excluding hydrogens is 307 g/mol. The Bertz CT molecular complexity index is 642. The molecule has 0 aromatic heterocycles. The minimum absolute atomic E-state index is 0.0415. The fourth-order valence-electron chi connectivity index (χ4n) is 3.83. The monoisotopic (exact) mass is 334 g/mol. The predicted molar refractivity (Wildman–Crippen MR) is 95.7 cm³/mol. The molecule has 23 heavy (non-hydrogen) atoms. The fourth-order valence-corrected chi connectivity index (χ4v) is 7.87. The standard InChI is InChI=1S/C19H27O3P/c1-13-12-16(18(20)22-6)14(2)17(13)23(21,19(3,4)5)15-10-8-7-9-11-15/h7-11,14,16-17H,1,12H2,2-6H3/t14-,16+,17-,23+/m0/s1. The molecule has 0 bridgehead atoms. The van der Waals surface area contributed by atoms with Crippen molar-refractivity contribution in [3.05, 3.63) is 42.5 Å². The van der Waals surface area contributed by atoms with Gasteiger partial charge in [0.15, 0.2) is 0 Å². The maximum atomic E-state index is 14.3. The quantitative estimate of drug-likeness (QED) is 0.472. The normalized spacial score (nSPS) is 27.5. The Morgan fingerprint density at radius 2 is 1.83 bits per heavy atom. The van der Waals surface area contributed by atoms with Gasteiger partial charge in [-0.25, -0.2) is 0 Å². The van der Waals surface area contributed by atoms with Crippen LogP contribution in [-0.2, 0) is 14.1 Å². The Hall–Kier alpha value is -1.34. The van der Waals surface area contributed by atoms with E-state index in [4.69, 9.17) is 4.74 Å². The van der Waals surface area contributed by atoms with Gasteiger partial charge in [-0.05, 0) is 12.3 Å². The molecule has 0 spiro atoms. The summed E-state index contributed by atoms with van der Waals surface area (Å²) in [6.07, 6.45) is 0.561. The molecule has 1 saturated carbocycles. The Morgan fingerprint density at radius 1 is 1.26 bits per heavy atom. The summed E-state index contributed by atoms with van der Waals surface area (Å²) < 4.78 is 19.2. The number of rotatable bonds is 3. The molecule has 0 N–H and O–H groups in total. The van der Waals surface area contributed by atoms with Crippen LogP contribution in [0.3, 0.4) is 0 Å². The van der Waals surface area contributed by atoms with E-state index in [1.165, 1.54) is 7.11 Å². The van der Waals surface area contributed by atoms with Crippen molar-refractivity contribution in [3.63, 3.8) is 0 Å². The van der Waals surface area contributed by atoms with Gasteiger partial charge in [0, 0.05) is 16.1 Å². The summed E-state index contributed by atoms with van der Waals surface area (Å²) in [5.74, 6) is -0.522. The van der Waals surface area contributed by atoms with Gasteiger partial charge in [0.1, 0.15) is 7.14 Å². The summed E-state index contributed by atoms with van der Waals surface area (Å²) in [5.41, 5.74) is 0.726. The van der Waals surface area contributed by atoms with Gasteiger partial charge < -0.3 is 9.30 Å². The number of ether oxygens (including phenoxy) is 1. The zero-order valence-electron chi connectivity index (χ0n) is 14.7. The van der Waals surface area contributed by atoms with Gasteiger partial charge in [-0.1, -0.05) is 70.2 Å². The van der Waals surface area contributed by atoms with Crippen LogP contribution in [0.5, 0.6) is 0 Å². The SMILES string of the molecule is C=C1C[C@@H](C(=O)OC)[C@H](C)[C@H]1[P@](=O)(c1ccccc1)C(C)(C)C. The van der Waals surface area contributed by atoms with Crippen LogP contribution in [-0.4, -0.2) is 23.9 Å². The molecule has 2 rings (SSSR count). The summed E-state index contributed by atoms with van der Waals surface area (Å²) in [7, 11) is -1.40. The third-order valence-corrected chi connectivity index (χ3v) is 9.74. The number of hydrogen-bond acceptors (Lipinski definition) is 3. The number of allylic oxidation sites excluding steroid dienone is 1. The Labute approximate surface area is 139 Å². The number of benzene rings is 1. The minimum Gasteiger partial charge on any atom is -0.469 e. The number of carbonyl (C=O) groups excluding carboxylic acids is 1. The largest absolute Gasteiger partial charge is 0.469 e. The van der Waals surface area contributed by atoms with E-state index in [2.05, 4.69) is 6.58 Å². The van der Waals surface area contributed by atoms with E-state index in [0.717, 1.165) is 10.9 Å². The van der Waals surface area contributed by atoms with Crippen molar-refractivity contribution in [1.29, 1.82) is 0 Å². The highest BCUT2D eigenvalue weighted by Crippen LogP contribution is 2.67. The van der Waals surface area contributed by atoms with Crippen LogP contribution in [0, 0.1) is 11.8 Å². The molecule has 1 aromatic carbocycles. The number of carbonyl (C=O) groups is 1. The third-order valence-electron chi connectivity index (χ3n) is 5.07. The molecule has 0 heterocycles. The highest BCUT2D eigenvalue weighted by molar-refractivity contribution is 7.74. The summed E-state index contributed by atoms with van der Waals surface area (Å²) in [6, 6.07) is 9.66. The second-order valence-corrected chi connectivity index (χ2v) is 11.2. The van der Waals surface area contributed by atoms with Gasteiger partial charge in [0.05, 0.1) is 13.0 Å². The molecule has 4 heteroatoms. The molecule has 126 valence electrons. The van der Waals surface area contributed by atoms with Crippen LogP contribution in [0.4, 0.5) is 0 Å². The van der Waals surface area contributed by atoms with Gasteiger partial charge in [0.25, 0.3) is 0 Å². The van der Waals surface area contributed by atoms with E-state index < -0.39 is 12.3 Å². The first-order valence-corrected chi connectivity index (χ1v) is 9.83. The molecule has 0 amide bonds. The fraction of sp³-hybridized carbons (Fsp3) is 0.526. The average molecular weight is 334 g/mol. The molecule has 0 radical (unpaired) electrons. The molecule has 0 saturated heterocycles. The van der Waals surface area contributed by atoms with Crippen LogP contribution in [0.1, 0.15) is 34.1 Å². The number of methoxy groups -OCH3 is 1. The zero-order chi connectivity index (χ0) is 17.4. The second-order valence-electron chi connectivity index (χ2n) is 7.46. The summed E-state index contributed by atoms with van der Waals surface area (Å²) >= 11 is 0. The first-order chi connectivity index (χ1) is 10.6. The molecule has 1 aromatic rings. The van der Waals surface area contributed by atoms with Crippen LogP contribution in [0.25, 0.3) is 0 Å². The average Bonchev–Trinajstić information content (AvgIpc) is 2.80. The van der Waals surface area contributed by atoms with Crippen molar-refractivity contribution >= 4 is 18.4 Å². The van der Waals surface area contributed by atoms with E-state index in [0.29, 0.717) is 6.42 Å². The maximum absolute atomic E-state index is 14.3. The van der Waals surface area contributed by atoms with Gasteiger partial charge in [0.2, 0.25) is 0 Å². The predicted octanol–water partition coefficient (Wildman–Crippen LogP) is 4.23. The van der Waals surface area contributed by atoms with Gasteiger partial charge >= 0.3 is 5.97 Å². The highest BCUT2D eigenvalue weighted by Gasteiger charge is 2.54. The number of esters is 1. The van der Waals surface area contributed by atoms with Gasteiger partial charge in [-0.3, -0.25) is 4.79 Å². The molecule has 4 atom stereocenters. The van der Waals surface area contributed by atoms with Crippen molar-refractivity contribution in [2.45, 2.75) is 44.9 Å². The van der Waals surface area contributed by atoms with Crippen LogP contribution in [0.2, 0.25) is 0 Å². The number of hydrogen-bond donors (Lipinski definition) is 0. The molecule has 1 aliphatic rings. The van der Waals surface area contributed by atoms with E-state index in [1.54, 1.807) is 0 Å². The van der Waals surface area contributed by atoms with Crippen molar-refractivity contribution < 1.29 is 14.1 Å². The lowest BCUT2D eigenvalue weighted by Crippen LogP contribution is -2.34. The van der Waals surface area contributed by atoms with Crippen LogP contribution >= 0.6 is 7.14 Å². The Kier molecular flexibility index (Phi) is 4.92. The molecule has 1 fully saturated rings. The zero-order valence-corrected chi connectivity index (χ0v) is 15.6. The van der Waals surface area contributed by atoms with Crippen molar-refractivity contribution in [3.8, 4) is 0 Å². The summed E-state index contributed by atoms with van der Waals surface area (Å²) in [4.78, 5) is 12.1. The second kappa shape index (κ2) is 6.28. The summed E-state index contributed by atoms with van der Waals surface area (Å²) in [6.45, 7) is 12.2.